The topological polar surface area (TPSA) is 96.8 Å². The molecule has 0 aliphatic heterocycles. The van der Waals surface area contributed by atoms with Gasteiger partial charge >= 0.3 is 0 Å². The van der Waals surface area contributed by atoms with Gasteiger partial charge in [0.05, 0.1) is 17.3 Å². The SMILES string of the molecule is Cc1occc1C(=N)NC(=O)c1ccc2c(c1)nnn2C(C)C. The number of nitrogens with zero attached hydrogens (tertiary/aromatic N) is 3. The van der Waals surface area contributed by atoms with Gasteiger partial charge in [-0.15, -0.1) is 5.10 Å². The summed E-state index contributed by atoms with van der Waals surface area (Å²) >= 11 is 0. The summed E-state index contributed by atoms with van der Waals surface area (Å²) in [7, 11) is 0. The van der Waals surface area contributed by atoms with E-state index in [-0.39, 0.29) is 17.8 Å². The molecule has 2 aromatic heterocycles. The molecule has 7 nitrogen and oxygen atoms in total. The molecule has 118 valence electrons. The van der Waals surface area contributed by atoms with Crippen molar-refractivity contribution < 1.29 is 9.21 Å². The molecule has 23 heavy (non-hydrogen) atoms. The molecule has 1 amide bonds. The number of amidine groups is 1. The van der Waals surface area contributed by atoms with E-state index >= 15 is 0 Å². The standard InChI is InChI=1S/C16H17N5O2/c1-9(2)21-14-5-4-11(8-13(14)19-20-21)16(22)18-15(17)12-6-7-23-10(12)3/h4-9H,1-3H3,(H2,17,18,22). The minimum atomic E-state index is -0.364. The van der Waals surface area contributed by atoms with Crippen molar-refractivity contribution in [2.45, 2.75) is 26.8 Å². The van der Waals surface area contributed by atoms with E-state index in [2.05, 4.69) is 15.6 Å². The normalized spacial score (nSPS) is 11.1. The zero-order valence-corrected chi connectivity index (χ0v) is 13.1. The first-order valence-electron chi connectivity index (χ1n) is 7.26. The summed E-state index contributed by atoms with van der Waals surface area (Å²) in [4.78, 5) is 12.3. The van der Waals surface area contributed by atoms with Gasteiger partial charge in [0.2, 0.25) is 0 Å². The molecule has 3 rings (SSSR count). The Morgan fingerprint density at radius 2 is 2.13 bits per heavy atom. The summed E-state index contributed by atoms with van der Waals surface area (Å²) < 4.78 is 6.94. The van der Waals surface area contributed by atoms with Crippen LogP contribution in [-0.4, -0.2) is 26.7 Å². The number of rotatable bonds is 3. The lowest BCUT2D eigenvalue weighted by Gasteiger charge is -2.07. The summed E-state index contributed by atoms with van der Waals surface area (Å²) in [6.07, 6.45) is 1.49. The summed E-state index contributed by atoms with van der Waals surface area (Å²) in [5.74, 6) is 0.231. The van der Waals surface area contributed by atoms with E-state index in [1.165, 1.54) is 6.26 Å². The van der Waals surface area contributed by atoms with Crippen LogP contribution in [-0.2, 0) is 0 Å². The molecular weight excluding hydrogens is 294 g/mol. The average molecular weight is 311 g/mol. The van der Waals surface area contributed by atoms with Gasteiger partial charge in [0.15, 0.2) is 0 Å². The molecule has 0 aliphatic carbocycles. The van der Waals surface area contributed by atoms with Crippen LogP contribution in [0.15, 0.2) is 34.9 Å². The van der Waals surface area contributed by atoms with E-state index in [0.29, 0.717) is 22.4 Å². The number of fused-ring (bicyclic) bond motifs is 1. The Bertz CT molecular complexity index is 891. The van der Waals surface area contributed by atoms with Gasteiger partial charge in [-0.3, -0.25) is 10.2 Å². The Kier molecular flexibility index (Phi) is 3.69. The van der Waals surface area contributed by atoms with Crippen LogP contribution in [0, 0.1) is 12.3 Å². The number of aromatic nitrogens is 3. The third-order valence-corrected chi connectivity index (χ3v) is 3.59. The third-order valence-electron chi connectivity index (χ3n) is 3.59. The van der Waals surface area contributed by atoms with Crippen LogP contribution in [0.4, 0.5) is 0 Å². The van der Waals surface area contributed by atoms with Crippen molar-refractivity contribution in [2.75, 3.05) is 0 Å². The first kappa shape index (κ1) is 15.0. The molecule has 7 heteroatoms. The lowest BCUT2D eigenvalue weighted by atomic mass is 10.1. The number of carbonyl (C=O) groups excluding carboxylic acids is 1. The molecule has 0 aliphatic rings. The van der Waals surface area contributed by atoms with E-state index in [1.54, 1.807) is 29.8 Å². The van der Waals surface area contributed by atoms with Crippen LogP contribution in [0.25, 0.3) is 11.0 Å². The van der Waals surface area contributed by atoms with Crippen molar-refractivity contribution in [3.8, 4) is 0 Å². The lowest BCUT2D eigenvalue weighted by Crippen LogP contribution is -2.30. The molecule has 0 unspecified atom stereocenters. The predicted molar refractivity (Wildman–Crippen MR) is 85.7 cm³/mol. The highest BCUT2D eigenvalue weighted by Gasteiger charge is 2.15. The van der Waals surface area contributed by atoms with E-state index < -0.39 is 0 Å². The van der Waals surface area contributed by atoms with E-state index in [4.69, 9.17) is 9.83 Å². The summed E-state index contributed by atoms with van der Waals surface area (Å²) in [6.45, 7) is 5.78. The Labute approximate surface area is 132 Å². The van der Waals surface area contributed by atoms with E-state index in [1.807, 2.05) is 19.9 Å². The Hall–Kier alpha value is -2.96. The average Bonchev–Trinajstić information content (AvgIpc) is 3.12. The van der Waals surface area contributed by atoms with Crippen molar-refractivity contribution in [3.05, 3.63) is 47.4 Å². The fourth-order valence-corrected chi connectivity index (χ4v) is 2.36. The minimum Gasteiger partial charge on any atom is -0.469 e. The lowest BCUT2D eigenvalue weighted by molar-refractivity contribution is 0.0977. The first-order chi connectivity index (χ1) is 11.0. The van der Waals surface area contributed by atoms with Gasteiger partial charge in [0.1, 0.15) is 17.1 Å². The molecule has 1 aromatic carbocycles. The largest absolute Gasteiger partial charge is 0.469 e. The van der Waals surface area contributed by atoms with Gasteiger partial charge in [0.25, 0.3) is 5.91 Å². The number of hydrogen-bond donors (Lipinski definition) is 2. The molecule has 3 aromatic rings. The van der Waals surface area contributed by atoms with Crippen LogP contribution >= 0.6 is 0 Å². The van der Waals surface area contributed by atoms with Crippen LogP contribution in [0.3, 0.4) is 0 Å². The molecule has 0 radical (unpaired) electrons. The third kappa shape index (κ3) is 2.73. The number of nitrogens with one attached hydrogen (secondary N) is 2. The second-order valence-electron chi connectivity index (χ2n) is 5.55. The monoisotopic (exact) mass is 311 g/mol. The van der Waals surface area contributed by atoms with Gasteiger partial charge < -0.3 is 9.73 Å². The first-order valence-corrected chi connectivity index (χ1v) is 7.26. The Morgan fingerprint density at radius 3 is 2.78 bits per heavy atom. The zero-order valence-electron chi connectivity index (χ0n) is 13.1. The molecule has 0 atom stereocenters. The Balaban J connectivity index is 1.84. The number of amides is 1. The molecule has 0 saturated carbocycles. The van der Waals surface area contributed by atoms with Crippen LogP contribution in [0.1, 0.15) is 41.6 Å². The number of benzene rings is 1. The number of carbonyl (C=O) groups is 1. The smallest absolute Gasteiger partial charge is 0.256 e. The van der Waals surface area contributed by atoms with Gasteiger partial charge in [-0.25, -0.2) is 4.68 Å². The molecule has 0 fully saturated rings. The van der Waals surface area contributed by atoms with Gasteiger partial charge in [-0.1, -0.05) is 5.21 Å². The second-order valence-corrected chi connectivity index (χ2v) is 5.55. The van der Waals surface area contributed by atoms with E-state index in [0.717, 1.165) is 5.52 Å². The molecule has 0 spiro atoms. The molecule has 2 N–H and O–H groups in total. The van der Waals surface area contributed by atoms with Gasteiger partial charge in [-0.05, 0) is 45.0 Å². The highest BCUT2D eigenvalue weighted by atomic mass is 16.3. The van der Waals surface area contributed by atoms with Gasteiger partial charge in [-0.2, -0.15) is 0 Å². The molecular formula is C16H17N5O2. The second kappa shape index (κ2) is 5.68. The quantitative estimate of drug-likeness (QED) is 0.574. The van der Waals surface area contributed by atoms with Crippen molar-refractivity contribution in [2.24, 2.45) is 0 Å². The van der Waals surface area contributed by atoms with Crippen molar-refractivity contribution in [1.29, 1.82) is 5.41 Å². The maximum Gasteiger partial charge on any atom is 0.256 e. The Morgan fingerprint density at radius 1 is 1.35 bits per heavy atom. The number of hydrogen-bond acceptors (Lipinski definition) is 5. The highest BCUT2D eigenvalue weighted by molar-refractivity contribution is 6.12. The number of aryl methyl sites for hydroxylation is 1. The van der Waals surface area contributed by atoms with Gasteiger partial charge in [0, 0.05) is 11.6 Å². The van der Waals surface area contributed by atoms with Crippen molar-refractivity contribution in [1.82, 2.24) is 20.3 Å². The molecule has 0 bridgehead atoms. The zero-order chi connectivity index (χ0) is 16.6. The number of furan rings is 1. The molecule has 0 saturated heterocycles. The van der Waals surface area contributed by atoms with Crippen LogP contribution in [0.2, 0.25) is 0 Å². The summed E-state index contributed by atoms with van der Waals surface area (Å²) in [5, 5.41) is 18.7. The highest BCUT2D eigenvalue weighted by Crippen LogP contribution is 2.17. The predicted octanol–water partition coefficient (Wildman–Crippen LogP) is 2.67. The maximum absolute atomic E-state index is 12.3. The van der Waals surface area contributed by atoms with Crippen LogP contribution in [0.5, 0.6) is 0 Å². The van der Waals surface area contributed by atoms with E-state index in [9.17, 15) is 4.79 Å². The van der Waals surface area contributed by atoms with Crippen LogP contribution < -0.4 is 5.32 Å². The maximum atomic E-state index is 12.3. The summed E-state index contributed by atoms with van der Waals surface area (Å²) in [5.41, 5.74) is 2.51. The molecule has 2 heterocycles. The fourth-order valence-electron chi connectivity index (χ4n) is 2.36. The summed E-state index contributed by atoms with van der Waals surface area (Å²) in [6, 6.07) is 7.03. The van der Waals surface area contributed by atoms with Crippen molar-refractivity contribution in [3.63, 3.8) is 0 Å². The minimum absolute atomic E-state index is 0.00665. The van der Waals surface area contributed by atoms with Crippen molar-refractivity contribution >= 4 is 22.8 Å². The fraction of sp³-hybridized carbons (Fsp3) is 0.250.